The Kier molecular flexibility index (Phi) is 12.4. The first-order chi connectivity index (χ1) is 14.0. The zero-order valence-electron chi connectivity index (χ0n) is 16.4. The van der Waals surface area contributed by atoms with Gasteiger partial charge in [-0.1, -0.05) is 36.4 Å². The fourth-order valence-corrected chi connectivity index (χ4v) is 2.48. The first-order valence-electron chi connectivity index (χ1n) is 9.06. The van der Waals surface area contributed by atoms with Crippen LogP contribution in [0.3, 0.4) is 0 Å². The van der Waals surface area contributed by atoms with Gasteiger partial charge < -0.3 is 31.9 Å². The number of allylic oxidation sites excluding steroid dienone is 1. The lowest BCUT2D eigenvalue weighted by Gasteiger charge is -2.14. The second-order valence-electron chi connectivity index (χ2n) is 6.65. The van der Waals surface area contributed by atoms with Gasteiger partial charge in [-0.2, -0.15) is 0 Å². The summed E-state index contributed by atoms with van der Waals surface area (Å²) in [4.78, 5) is 42.5. The van der Waals surface area contributed by atoms with Crippen LogP contribution in [0.4, 0.5) is 0 Å². The Balaban J connectivity index is 0.000000584. The molecule has 166 valence electrons. The predicted molar refractivity (Wildman–Crippen MR) is 108 cm³/mol. The SMILES string of the molecule is C=CCC(C[C@H](N)C(=O)O)C(=O)O.N[C@@H](CC(Cc1ccccc1)C(=O)O)C(=O)O. The quantitative estimate of drug-likeness (QED) is 0.260. The van der Waals surface area contributed by atoms with Crippen molar-refractivity contribution in [3.63, 3.8) is 0 Å². The van der Waals surface area contributed by atoms with Crippen molar-refractivity contribution in [3.8, 4) is 0 Å². The van der Waals surface area contributed by atoms with E-state index in [1.165, 1.54) is 6.08 Å². The predicted octanol–water partition coefficient (Wildman–Crippen LogP) is 0.797. The van der Waals surface area contributed by atoms with E-state index in [1.807, 2.05) is 30.3 Å². The minimum atomic E-state index is -1.18. The van der Waals surface area contributed by atoms with Crippen molar-refractivity contribution in [2.24, 2.45) is 23.3 Å². The minimum absolute atomic E-state index is 0.0699. The van der Waals surface area contributed by atoms with E-state index in [-0.39, 0.29) is 25.7 Å². The van der Waals surface area contributed by atoms with Crippen molar-refractivity contribution in [1.82, 2.24) is 0 Å². The lowest BCUT2D eigenvalue weighted by atomic mass is 9.93. The molecule has 0 bridgehead atoms. The highest BCUT2D eigenvalue weighted by Gasteiger charge is 2.24. The molecule has 0 spiro atoms. The van der Waals surface area contributed by atoms with Crippen molar-refractivity contribution >= 4 is 23.9 Å². The number of rotatable bonds is 12. The molecule has 0 amide bonds. The second kappa shape index (κ2) is 13.9. The summed E-state index contributed by atoms with van der Waals surface area (Å²) in [6, 6.07) is 6.81. The molecule has 2 unspecified atom stereocenters. The Morgan fingerprint density at radius 1 is 0.800 bits per heavy atom. The minimum Gasteiger partial charge on any atom is -0.481 e. The molecule has 0 saturated heterocycles. The van der Waals surface area contributed by atoms with Crippen LogP contribution in [0.1, 0.15) is 24.8 Å². The van der Waals surface area contributed by atoms with Crippen LogP contribution in [0.2, 0.25) is 0 Å². The fourth-order valence-electron chi connectivity index (χ4n) is 2.48. The van der Waals surface area contributed by atoms with E-state index in [2.05, 4.69) is 6.58 Å². The Hall–Kier alpha value is -3.24. The number of nitrogens with two attached hydrogens (primary N) is 2. The number of carboxylic acid groups (broad SMARTS) is 4. The van der Waals surface area contributed by atoms with E-state index in [1.54, 1.807) is 0 Å². The summed E-state index contributed by atoms with van der Waals surface area (Å²) in [6.07, 6.45) is 1.82. The number of carbonyl (C=O) groups is 4. The molecule has 30 heavy (non-hydrogen) atoms. The van der Waals surface area contributed by atoms with Gasteiger partial charge in [-0.05, 0) is 31.2 Å². The van der Waals surface area contributed by atoms with Crippen LogP contribution >= 0.6 is 0 Å². The zero-order chi connectivity index (χ0) is 23.3. The van der Waals surface area contributed by atoms with Crippen molar-refractivity contribution in [3.05, 3.63) is 48.6 Å². The van der Waals surface area contributed by atoms with E-state index < -0.39 is 47.8 Å². The summed E-state index contributed by atoms with van der Waals surface area (Å²) in [7, 11) is 0. The molecule has 0 aliphatic carbocycles. The van der Waals surface area contributed by atoms with Gasteiger partial charge in [-0.15, -0.1) is 6.58 Å². The van der Waals surface area contributed by atoms with E-state index in [9.17, 15) is 19.2 Å². The molecule has 1 aromatic carbocycles. The van der Waals surface area contributed by atoms with E-state index in [0.717, 1.165) is 5.56 Å². The molecule has 0 radical (unpaired) electrons. The van der Waals surface area contributed by atoms with Gasteiger partial charge in [0, 0.05) is 0 Å². The standard InChI is InChI=1S/C12H15NO4.C8H13NO4/c13-10(12(16)17)7-9(11(14)15)6-8-4-2-1-3-5-8;1-2-3-5(7(10)11)4-6(9)8(12)13/h1-5,9-10H,6-7,13H2,(H,14,15)(H,16,17);2,5-6H,1,3-4,9H2,(H,10,11)(H,12,13)/t9?,10-;5?,6-/m00/s1. The van der Waals surface area contributed by atoms with Crippen LogP contribution in [0.15, 0.2) is 43.0 Å². The number of hydrogen-bond donors (Lipinski definition) is 6. The van der Waals surface area contributed by atoms with Crippen LogP contribution in [0.25, 0.3) is 0 Å². The van der Waals surface area contributed by atoms with Gasteiger partial charge in [0.15, 0.2) is 0 Å². The van der Waals surface area contributed by atoms with Crippen molar-refractivity contribution in [2.75, 3.05) is 0 Å². The third kappa shape index (κ3) is 10.9. The van der Waals surface area contributed by atoms with Gasteiger partial charge in [-0.25, -0.2) is 0 Å². The molecule has 1 aromatic rings. The van der Waals surface area contributed by atoms with Crippen molar-refractivity contribution in [1.29, 1.82) is 0 Å². The summed E-state index contributed by atoms with van der Waals surface area (Å²) in [5, 5.41) is 34.8. The summed E-state index contributed by atoms with van der Waals surface area (Å²) in [5.74, 6) is -5.96. The van der Waals surface area contributed by atoms with Gasteiger partial charge >= 0.3 is 23.9 Å². The van der Waals surface area contributed by atoms with E-state index >= 15 is 0 Å². The summed E-state index contributed by atoms with van der Waals surface area (Å²) in [5.41, 5.74) is 11.4. The first-order valence-corrected chi connectivity index (χ1v) is 9.06. The van der Waals surface area contributed by atoms with Gasteiger partial charge in [0.05, 0.1) is 11.8 Å². The summed E-state index contributed by atoms with van der Waals surface area (Å²) >= 11 is 0. The Morgan fingerprint density at radius 2 is 1.23 bits per heavy atom. The molecule has 0 heterocycles. The maximum absolute atomic E-state index is 11.0. The van der Waals surface area contributed by atoms with Crippen LogP contribution in [0, 0.1) is 11.8 Å². The highest BCUT2D eigenvalue weighted by Crippen LogP contribution is 2.14. The Labute approximate surface area is 173 Å². The van der Waals surface area contributed by atoms with Crippen molar-refractivity contribution in [2.45, 2.75) is 37.8 Å². The average Bonchev–Trinajstić information content (AvgIpc) is 2.67. The number of hydrogen-bond acceptors (Lipinski definition) is 6. The topological polar surface area (TPSA) is 201 Å². The van der Waals surface area contributed by atoms with E-state index in [4.69, 9.17) is 31.9 Å². The molecule has 8 N–H and O–H groups in total. The third-order valence-corrected chi connectivity index (χ3v) is 4.19. The van der Waals surface area contributed by atoms with Gasteiger partial charge in [0.2, 0.25) is 0 Å². The molecule has 0 aliphatic heterocycles. The molecular weight excluding hydrogens is 396 g/mol. The van der Waals surface area contributed by atoms with Gasteiger partial charge in [0.25, 0.3) is 0 Å². The molecule has 1 rings (SSSR count). The van der Waals surface area contributed by atoms with Crippen LogP contribution in [-0.2, 0) is 25.6 Å². The molecule has 0 fully saturated rings. The van der Waals surface area contributed by atoms with Crippen LogP contribution in [0.5, 0.6) is 0 Å². The second-order valence-corrected chi connectivity index (χ2v) is 6.65. The Bertz CT molecular complexity index is 723. The molecule has 0 aromatic heterocycles. The summed E-state index contributed by atoms with van der Waals surface area (Å²) < 4.78 is 0. The third-order valence-electron chi connectivity index (χ3n) is 4.19. The molecule has 4 atom stereocenters. The van der Waals surface area contributed by atoms with Crippen molar-refractivity contribution < 1.29 is 39.6 Å². The summed E-state index contributed by atoms with van der Waals surface area (Å²) in [6.45, 7) is 3.38. The highest BCUT2D eigenvalue weighted by atomic mass is 16.4. The fraction of sp³-hybridized carbons (Fsp3) is 0.400. The molecular formula is C20H28N2O8. The highest BCUT2D eigenvalue weighted by molar-refractivity contribution is 5.76. The molecule has 10 heteroatoms. The monoisotopic (exact) mass is 424 g/mol. The number of carboxylic acids is 4. The average molecular weight is 424 g/mol. The molecule has 0 aliphatic rings. The maximum Gasteiger partial charge on any atom is 0.320 e. The number of benzene rings is 1. The maximum atomic E-state index is 11.0. The lowest BCUT2D eigenvalue weighted by Crippen LogP contribution is -2.35. The smallest absolute Gasteiger partial charge is 0.320 e. The van der Waals surface area contributed by atoms with Gasteiger partial charge in [0.1, 0.15) is 12.1 Å². The lowest BCUT2D eigenvalue weighted by molar-refractivity contribution is -0.145. The largest absolute Gasteiger partial charge is 0.481 e. The van der Waals surface area contributed by atoms with E-state index in [0.29, 0.717) is 0 Å². The van der Waals surface area contributed by atoms with Crippen LogP contribution < -0.4 is 11.5 Å². The van der Waals surface area contributed by atoms with Gasteiger partial charge in [-0.3, -0.25) is 19.2 Å². The Morgan fingerprint density at radius 3 is 1.60 bits per heavy atom. The molecule has 0 saturated carbocycles. The van der Waals surface area contributed by atoms with Crippen LogP contribution in [-0.4, -0.2) is 56.4 Å². The molecule has 10 nitrogen and oxygen atoms in total. The normalized spacial score (nSPS) is 14.2. The zero-order valence-corrected chi connectivity index (χ0v) is 16.4. The number of aliphatic carboxylic acids is 4. The first kappa shape index (κ1) is 26.8.